The highest BCUT2D eigenvalue weighted by Gasteiger charge is 2.25. The number of hydrogen-bond donors (Lipinski definition) is 1. The van der Waals surface area contributed by atoms with Crippen molar-refractivity contribution < 1.29 is 26.7 Å². The Labute approximate surface area is 179 Å². The summed E-state index contributed by atoms with van der Waals surface area (Å²) in [5, 5.41) is 5.74. The van der Waals surface area contributed by atoms with Gasteiger partial charge in [-0.3, -0.25) is 5.43 Å². The molecular formula is C24H15F5N2O. The summed E-state index contributed by atoms with van der Waals surface area (Å²) in [6.45, 7) is 0.310. The van der Waals surface area contributed by atoms with Gasteiger partial charge >= 0.3 is 0 Å². The normalized spacial score (nSPS) is 11.3. The van der Waals surface area contributed by atoms with Crippen molar-refractivity contribution in [3.63, 3.8) is 0 Å². The maximum absolute atomic E-state index is 13.7. The van der Waals surface area contributed by atoms with Crippen LogP contribution in [0.15, 0.2) is 71.8 Å². The monoisotopic (exact) mass is 442 g/mol. The molecule has 0 radical (unpaired) electrons. The number of anilines is 1. The molecular weight excluding hydrogens is 427 g/mol. The van der Waals surface area contributed by atoms with Crippen LogP contribution in [0.1, 0.15) is 11.1 Å². The molecule has 1 N–H and O–H groups in total. The molecule has 0 saturated heterocycles. The van der Waals surface area contributed by atoms with Gasteiger partial charge in [-0.25, -0.2) is 22.0 Å². The lowest BCUT2D eigenvalue weighted by Gasteiger charge is -2.10. The molecule has 0 unspecified atom stereocenters. The van der Waals surface area contributed by atoms with Crippen LogP contribution < -0.4 is 10.2 Å². The molecule has 0 aliphatic carbocycles. The Morgan fingerprint density at radius 3 is 2.19 bits per heavy atom. The molecule has 0 heterocycles. The van der Waals surface area contributed by atoms with E-state index >= 15 is 0 Å². The van der Waals surface area contributed by atoms with Crippen molar-refractivity contribution in [1.29, 1.82) is 0 Å². The van der Waals surface area contributed by atoms with E-state index < -0.39 is 34.8 Å². The second-order valence-corrected chi connectivity index (χ2v) is 6.81. The van der Waals surface area contributed by atoms with E-state index in [1.165, 1.54) is 6.21 Å². The summed E-state index contributed by atoms with van der Waals surface area (Å²) in [6.07, 6.45) is 1.17. The lowest BCUT2D eigenvalue weighted by atomic mass is 10.1. The number of halogens is 5. The van der Waals surface area contributed by atoms with E-state index in [-0.39, 0.29) is 0 Å². The average molecular weight is 442 g/mol. The van der Waals surface area contributed by atoms with Gasteiger partial charge in [-0.15, -0.1) is 0 Å². The summed E-state index contributed by atoms with van der Waals surface area (Å²) in [7, 11) is 0. The zero-order valence-corrected chi connectivity index (χ0v) is 16.4. The highest BCUT2D eigenvalue weighted by molar-refractivity contribution is 5.85. The fourth-order valence-electron chi connectivity index (χ4n) is 3.14. The Hall–Kier alpha value is -3.94. The summed E-state index contributed by atoms with van der Waals surface area (Å²) in [5.74, 6) is -9.81. The molecule has 162 valence electrons. The zero-order valence-electron chi connectivity index (χ0n) is 16.4. The van der Waals surface area contributed by atoms with Crippen molar-refractivity contribution in [1.82, 2.24) is 0 Å². The molecule has 4 rings (SSSR count). The van der Waals surface area contributed by atoms with Gasteiger partial charge < -0.3 is 4.74 Å². The average Bonchev–Trinajstić information content (AvgIpc) is 2.82. The van der Waals surface area contributed by atoms with Gasteiger partial charge in [0.15, 0.2) is 23.3 Å². The fraction of sp³-hybridized carbons (Fsp3) is 0.0417. The first-order valence-corrected chi connectivity index (χ1v) is 9.45. The third kappa shape index (κ3) is 4.25. The van der Waals surface area contributed by atoms with Crippen molar-refractivity contribution in [2.75, 3.05) is 5.43 Å². The third-order valence-electron chi connectivity index (χ3n) is 4.73. The van der Waals surface area contributed by atoms with Gasteiger partial charge in [-0.2, -0.15) is 5.10 Å². The molecule has 0 amide bonds. The highest BCUT2D eigenvalue weighted by Crippen LogP contribution is 2.27. The number of nitrogens with one attached hydrogen (secondary N) is 1. The standard InChI is InChI=1S/C24H15F5N2O/c25-19-20(26)22(28)24(23(29)21(19)27)31-30-12-14-5-3-9-17(11-14)32-13-16-8-4-7-15-6-1-2-10-18(15)16/h1-12,31H,13H2/b30-12+. The smallest absolute Gasteiger partial charge is 0.200 e. The van der Waals surface area contributed by atoms with Crippen molar-refractivity contribution in [3.05, 3.63) is 107 Å². The highest BCUT2D eigenvalue weighted by atomic mass is 19.2. The van der Waals surface area contributed by atoms with E-state index in [1.54, 1.807) is 24.3 Å². The molecule has 0 bridgehead atoms. The first kappa shape index (κ1) is 21.3. The quantitative estimate of drug-likeness (QED) is 0.121. The molecule has 4 aromatic carbocycles. The fourth-order valence-corrected chi connectivity index (χ4v) is 3.14. The van der Waals surface area contributed by atoms with E-state index in [0.29, 0.717) is 17.9 Å². The van der Waals surface area contributed by atoms with Gasteiger partial charge in [0, 0.05) is 0 Å². The molecule has 0 aromatic heterocycles. The SMILES string of the molecule is Fc1c(F)c(F)c(N/N=C/c2cccc(OCc3cccc4ccccc34)c2)c(F)c1F. The molecule has 32 heavy (non-hydrogen) atoms. The lowest BCUT2D eigenvalue weighted by molar-refractivity contribution is 0.307. The van der Waals surface area contributed by atoms with Gasteiger partial charge in [-0.1, -0.05) is 54.6 Å². The van der Waals surface area contributed by atoms with Crippen LogP contribution in [-0.4, -0.2) is 6.21 Å². The molecule has 0 aliphatic heterocycles. The van der Waals surface area contributed by atoms with Gasteiger partial charge in [0.1, 0.15) is 18.0 Å². The van der Waals surface area contributed by atoms with Crippen LogP contribution in [0.25, 0.3) is 10.8 Å². The molecule has 0 aliphatic rings. The van der Waals surface area contributed by atoms with Gasteiger partial charge in [0.2, 0.25) is 5.82 Å². The van der Waals surface area contributed by atoms with Crippen LogP contribution in [0, 0.1) is 29.1 Å². The largest absolute Gasteiger partial charge is 0.489 e. The molecule has 8 heteroatoms. The van der Waals surface area contributed by atoms with E-state index in [4.69, 9.17) is 4.74 Å². The summed E-state index contributed by atoms with van der Waals surface area (Å²) >= 11 is 0. The van der Waals surface area contributed by atoms with Crippen molar-refractivity contribution in [2.24, 2.45) is 5.10 Å². The maximum atomic E-state index is 13.7. The van der Waals surface area contributed by atoms with Crippen LogP contribution in [0.2, 0.25) is 0 Å². The van der Waals surface area contributed by atoms with E-state index in [2.05, 4.69) is 5.10 Å². The number of fused-ring (bicyclic) bond motifs is 1. The van der Waals surface area contributed by atoms with Gasteiger partial charge in [0.05, 0.1) is 6.21 Å². The minimum Gasteiger partial charge on any atom is -0.489 e. The third-order valence-corrected chi connectivity index (χ3v) is 4.73. The van der Waals surface area contributed by atoms with Crippen LogP contribution in [-0.2, 0) is 6.61 Å². The Balaban J connectivity index is 1.48. The van der Waals surface area contributed by atoms with Crippen molar-refractivity contribution in [3.8, 4) is 5.75 Å². The predicted molar refractivity (Wildman–Crippen MR) is 112 cm³/mol. The van der Waals surface area contributed by atoms with Crippen LogP contribution >= 0.6 is 0 Å². The number of ether oxygens (including phenoxy) is 1. The summed E-state index contributed by atoms with van der Waals surface area (Å²) in [5.41, 5.74) is 2.11. The topological polar surface area (TPSA) is 33.6 Å². The van der Waals surface area contributed by atoms with Gasteiger partial charge in [0.25, 0.3) is 0 Å². The molecule has 4 aromatic rings. The molecule has 3 nitrogen and oxygen atoms in total. The number of benzene rings is 4. The summed E-state index contributed by atoms with van der Waals surface area (Å²) < 4.78 is 72.8. The van der Waals surface area contributed by atoms with Gasteiger partial charge in [-0.05, 0) is 34.0 Å². The van der Waals surface area contributed by atoms with E-state index in [0.717, 1.165) is 16.3 Å². The first-order chi connectivity index (χ1) is 15.5. The predicted octanol–water partition coefficient (Wildman–Crippen LogP) is 6.56. The number of nitrogens with zero attached hydrogens (tertiary/aromatic N) is 1. The Morgan fingerprint density at radius 1 is 0.750 bits per heavy atom. The lowest BCUT2D eigenvalue weighted by Crippen LogP contribution is -2.06. The van der Waals surface area contributed by atoms with Crippen LogP contribution in [0.5, 0.6) is 5.75 Å². The van der Waals surface area contributed by atoms with E-state index in [9.17, 15) is 22.0 Å². The Bertz CT molecular complexity index is 1290. The van der Waals surface area contributed by atoms with Crippen LogP contribution in [0.4, 0.5) is 27.6 Å². The van der Waals surface area contributed by atoms with Crippen molar-refractivity contribution >= 4 is 22.7 Å². The molecule has 0 fully saturated rings. The molecule has 0 saturated carbocycles. The van der Waals surface area contributed by atoms with Crippen LogP contribution in [0.3, 0.4) is 0 Å². The zero-order chi connectivity index (χ0) is 22.7. The number of rotatable bonds is 6. The number of hydrazone groups is 1. The van der Waals surface area contributed by atoms with Crippen molar-refractivity contribution in [2.45, 2.75) is 6.61 Å². The minimum absolute atomic E-state index is 0.310. The Morgan fingerprint density at radius 2 is 1.41 bits per heavy atom. The summed E-state index contributed by atoms with van der Waals surface area (Å²) in [6, 6.07) is 20.5. The second kappa shape index (κ2) is 9.05. The molecule has 0 spiro atoms. The summed E-state index contributed by atoms with van der Waals surface area (Å²) in [4.78, 5) is 0. The maximum Gasteiger partial charge on any atom is 0.200 e. The Kier molecular flexibility index (Phi) is 6.02. The molecule has 0 atom stereocenters. The second-order valence-electron chi connectivity index (χ2n) is 6.81. The number of hydrogen-bond acceptors (Lipinski definition) is 3. The van der Waals surface area contributed by atoms with E-state index in [1.807, 2.05) is 47.9 Å². The first-order valence-electron chi connectivity index (χ1n) is 9.45. The minimum atomic E-state index is -2.23.